The van der Waals surface area contributed by atoms with Crippen LogP contribution in [0.2, 0.25) is 0 Å². The van der Waals surface area contributed by atoms with Gasteiger partial charge in [0.25, 0.3) is 5.91 Å². The molecule has 0 bridgehead atoms. The zero-order chi connectivity index (χ0) is 17.4. The van der Waals surface area contributed by atoms with Gasteiger partial charge in [-0.3, -0.25) is 9.20 Å². The number of hydrogen-bond acceptors (Lipinski definition) is 3. The van der Waals surface area contributed by atoms with Gasteiger partial charge in [0.15, 0.2) is 0 Å². The van der Waals surface area contributed by atoms with Gasteiger partial charge in [-0.15, -0.1) is 0 Å². The first-order valence-corrected chi connectivity index (χ1v) is 8.43. The van der Waals surface area contributed by atoms with Crippen molar-refractivity contribution in [3.8, 4) is 11.3 Å². The van der Waals surface area contributed by atoms with Crippen molar-refractivity contribution < 1.29 is 9.21 Å². The number of hydrogen-bond donors (Lipinski definition) is 1. The second kappa shape index (κ2) is 6.09. The molecule has 0 aliphatic heterocycles. The van der Waals surface area contributed by atoms with Gasteiger partial charge in [0, 0.05) is 17.8 Å². The molecule has 5 nitrogen and oxygen atoms in total. The lowest BCUT2D eigenvalue weighted by Crippen LogP contribution is -2.33. The Morgan fingerprint density at radius 1 is 1.24 bits per heavy atom. The number of amides is 1. The van der Waals surface area contributed by atoms with Crippen LogP contribution >= 0.6 is 0 Å². The topological polar surface area (TPSA) is 59.5 Å². The molecule has 0 aliphatic carbocycles. The fourth-order valence-corrected chi connectivity index (χ4v) is 2.93. The summed E-state index contributed by atoms with van der Waals surface area (Å²) in [7, 11) is 0. The van der Waals surface area contributed by atoms with Crippen molar-refractivity contribution in [3.63, 3.8) is 0 Å². The molecule has 5 heteroatoms. The summed E-state index contributed by atoms with van der Waals surface area (Å²) in [5, 5.41) is 5.28. The van der Waals surface area contributed by atoms with Gasteiger partial charge >= 0.3 is 5.84 Å². The molecular formula is C20H19N3O2. The minimum atomic E-state index is -0.147. The predicted octanol–water partition coefficient (Wildman–Crippen LogP) is 4.28. The van der Waals surface area contributed by atoms with Crippen molar-refractivity contribution in [2.24, 2.45) is 0 Å². The molecular weight excluding hydrogens is 314 g/mol. The van der Waals surface area contributed by atoms with Crippen LogP contribution in [0.15, 0.2) is 59.3 Å². The van der Waals surface area contributed by atoms with Crippen molar-refractivity contribution in [3.05, 3.63) is 60.6 Å². The SMILES string of the molecule is CCC(C)NC(=O)c1c(-c2ccc3ccccc3c2)nc2occn12. The van der Waals surface area contributed by atoms with E-state index < -0.39 is 0 Å². The predicted molar refractivity (Wildman–Crippen MR) is 97.6 cm³/mol. The lowest BCUT2D eigenvalue weighted by Gasteiger charge is -2.12. The molecule has 2 aromatic carbocycles. The number of benzene rings is 2. The van der Waals surface area contributed by atoms with Crippen molar-refractivity contribution in [2.75, 3.05) is 0 Å². The number of rotatable bonds is 4. The first-order valence-electron chi connectivity index (χ1n) is 8.43. The molecule has 0 aliphatic rings. The first-order chi connectivity index (χ1) is 12.2. The molecule has 0 saturated carbocycles. The number of nitrogens with one attached hydrogen (secondary N) is 1. The number of fused-ring (bicyclic) bond motifs is 2. The Balaban J connectivity index is 1.86. The maximum absolute atomic E-state index is 12.8. The highest BCUT2D eigenvalue weighted by atomic mass is 16.3. The monoisotopic (exact) mass is 333 g/mol. The van der Waals surface area contributed by atoms with E-state index in [1.54, 1.807) is 10.6 Å². The van der Waals surface area contributed by atoms with Crippen LogP contribution in [0, 0.1) is 0 Å². The fourth-order valence-electron chi connectivity index (χ4n) is 2.93. The smallest absolute Gasteiger partial charge is 0.306 e. The van der Waals surface area contributed by atoms with Gasteiger partial charge in [-0.25, -0.2) is 0 Å². The number of oxazole rings is 1. The first kappa shape index (κ1) is 15.4. The van der Waals surface area contributed by atoms with Crippen LogP contribution in [0.5, 0.6) is 0 Å². The fraction of sp³-hybridized carbons (Fsp3) is 0.200. The minimum absolute atomic E-state index is 0.0920. The van der Waals surface area contributed by atoms with Crippen LogP contribution in [-0.2, 0) is 0 Å². The van der Waals surface area contributed by atoms with Crippen LogP contribution in [-0.4, -0.2) is 21.3 Å². The number of nitrogens with zero attached hydrogens (tertiary/aromatic N) is 2. The Labute approximate surface area is 145 Å². The summed E-state index contributed by atoms with van der Waals surface area (Å²) in [5.41, 5.74) is 2.03. The Morgan fingerprint density at radius 2 is 2.04 bits per heavy atom. The average molecular weight is 333 g/mol. The van der Waals surface area contributed by atoms with E-state index in [0.29, 0.717) is 17.2 Å². The molecule has 0 spiro atoms. The zero-order valence-electron chi connectivity index (χ0n) is 14.2. The summed E-state index contributed by atoms with van der Waals surface area (Å²) in [4.78, 5) is 17.4. The standard InChI is InChI=1S/C20H19N3O2/c1-3-13(2)21-19(24)18-17(22-20-23(18)10-11-25-20)16-9-8-14-6-4-5-7-15(14)12-16/h4-13H,3H2,1-2H3,(H,21,24). The van der Waals surface area contributed by atoms with E-state index in [9.17, 15) is 4.79 Å². The van der Waals surface area contributed by atoms with E-state index in [1.807, 2.05) is 38.1 Å². The lowest BCUT2D eigenvalue weighted by atomic mass is 10.0. The summed E-state index contributed by atoms with van der Waals surface area (Å²) in [6, 6.07) is 14.3. The van der Waals surface area contributed by atoms with Crippen molar-refractivity contribution in [2.45, 2.75) is 26.3 Å². The van der Waals surface area contributed by atoms with E-state index >= 15 is 0 Å². The van der Waals surface area contributed by atoms with Crippen LogP contribution in [0.1, 0.15) is 30.8 Å². The molecule has 1 amide bonds. The van der Waals surface area contributed by atoms with Crippen molar-refractivity contribution in [1.29, 1.82) is 0 Å². The normalized spacial score (nSPS) is 12.6. The Bertz CT molecular complexity index is 1060. The molecule has 2 aromatic heterocycles. The number of carbonyl (C=O) groups excluding carboxylic acids is 1. The summed E-state index contributed by atoms with van der Waals surface area (Å²) < 4.78 is 7.10. The number of carbonyl (C=O) groups is 1. The molecule has 1 atom stereocenters. The third-order valence-corrected chi connectivity index (χ3v) is 4.49. The summed E-state index contributed by atoms with van der Waals surface area (Å²) in [6.07, 6.45) is 4.12. The zero-order valence-corrected chi connectivity index (χ0v) is 14.2. The second-order valence-electron chi connectivity index (χ2n) is 6.21. The molecule has 1 N–H and O–H groups in total. The summed E-state index contributed by atoms with van der Waals surface area (Å²) in [5.74, 6) is 0.267. The molecule has 1 unspecified atom stereocenters. The van der Waals surface area contributed by atoms with Crippen molar-refractivity contribution >= 4 is 22.5 Å². The van der Waals surface area contributed by atoms with Gasteiger partial charge in [-0.05, 0) is 30.2 Å². The highest BCUT2D eigenvalue weighted by molar-refractivity contribution is 6.00. The van der Waals surface area contributed by atoms with Crippen LogP contribution < -0.4 is 5.32 Å². The maximum Gasteiger partial charge on any atom is 0.306 e. The maximum atomic E-state index is 12.8. The van der Waals surface area contributed by atoms with Crippen LogP contribution in [0.4, 0.5) is 0 Å². The molecule has 4 aromatic rings. The average Bonchev–Trinajstić information content (AvgIpc) is 3.21. The van der Waals surface area contributed by atoms with Gasteiger partial charge in [0.1, 0.15) is 17.7 Å². The highest BCUT2D eigenvalue weighted by Gasteiger charge is 2.23. The second-order valence-corrected chi connectivity index (χ2v) is 6.21. The van der Waals surface area contributed by atoms with E-state index in [1.165, 1.54) is 6.26 Å². The summed E-state index contributed by atoms with van der Waals surface area (Å²) >= 11 is 0. The van der Waals surface area contributed by atoms with Gasteiger partial charge in [0.2, 0.25) is 0 Å². The molecule has 0 saturated heterocycles. The molecule has 126 valence electrons. The minimum Gasteiger partial charge on any atom is -0.432 e. The van der Waals surface area contributed by atoms with Crippen LogP contribution in [0.25, 0.3) is 27.9 Å². The van der Waals surface area contributed by atoms with Crippen LogP contribution in [0.3, 0.4) is 0 Å². The number of imidazole rings is 1. The lowest BCUT2D eigenvalue weighted by molar-refractivity contribution is 0.0934. The Kier molecular flexibility index (Phi) is 3.76. The highest BCUT2D eigenvalue weighted by Crippen LogP contribution is 2.28. The Morgan fingerprint density at radius 3 is 2.84 bits per heavy atom. The molecule has 4 rings (SSSR count). The third kappa shape index (κ3) is 2.67. The third-order valence-electron chi connectivity index (χ3n) is 4.49. The van der Waals surface area contributed by atoms with E-state index in [2.05, 4.69) is 28.5 Å². The molecule has 25 heavy (non-hydrogen) atoms. The number of aromatic nitrogens is 2. The van der Waals surface area contributed by atoms with Gasteiger partial charge in [0.05, 0.1) is 0 Å². The molecule has 0 radical (unpaired) electrons. The van der Waals surface area contributed by atoms with Gasteiger partial charge in [-0.1, -0.05) is 43.3 Å². The van der Waals surface area contributed by atoms with E-state index in [-0.39, 0.29) is 11.9 Å². The van der Waals surface area contributed by atoms with Gasteiger partial charge < -0.3 is 9.73 Å². The van der Waals surface area contributed by atoms with Crippen molar-refractivity contribution in [1.82, 2.24) is 14.7 Å². The Hall–Kier alpha value is -3.08. The molecule has 0 fully saturated rings. The summed E-state index contributed by atoms with van der Waals surface area (Å²) in [6.45, 7) is 4.03. The van der Waals surface area contributed by atoms with E-state index in [0.717, 1.165) is 22.8 Å². The quantitative estimate of drug-likeness (QED) is 0.606. The largest absolute Gasteiger partial charge is 0.432 e. The van der Waals surface area contributed by atoms with Gasteiger partial charge in [-0.2, -0.15) is 4.98 Å². The van der Waals surface area contributed by atoms with E-state index in [4.69, 9.17) is 4.42 Å². The molecule has 2 heterocycles.